The summed E-state index contributed by atoms with van der Waals surface area (Å²) in [6.45, 7) is 4.19. The molecule has 158 valence electrons. The summed E-state index contributed by atoms with van der Waals surface area (Å²) in [6, 6.07) is 17.3. The van der Waals surface area contributed by atoms with E-state index in [2.05, 4.69) is 26.0 Å². The number of fused-ring (bicyclic) bond motifs is 1. The lowest BCUT2D eigenvalue weighted by atomic mass is 9.90. The fourth-order valence-corrected chi connectivity index (χ4v) is 5.06. The summed E-state index contributed by atoms with van der Waals surface area (Å²) in [5.41, 5.74) is 7.39. The standard InChI is InChI=1S/C27H25FO3/c1-15-4-3-5-16(2)25(15)19-10-12-23(28)26-20(19)11-13-24(26)31-18-8-6-17(7-9-18)21-14-22(21)27(29)30/h3-10,12,21-22,24H,11,13-14H2,1-2H3,(H,29,30)/t21-,22?,24-/m1/s1. The van der Waals surface area contributed by atoms with Gasteiger partial charge >= 0.3 is 5.97 Å². The zero-order valence-electron chi connectivity index (χ0n) is 17.7. The smallest absolute Gasteiger partial charge is 0.307 e. The molecule has 0 heterocycles. The van der Waals surface area contributed by atoms with Gasteiger partial charge in [0.15, 0.2) is 0 Å². The molecule has 0 aliphatic heterocycles. The third-order valence-corrected chi connectivity index (χ3v) is 6.73. The molecule has 5 rings (SSSR count). The Morgan fingerprint density at radius 2 is 1.74 bits per heavy atom. The van der Waals surface area contributed by atoms with Crippen molar-refractivity contribution in [1.82, 2.24) is 0 Å². The normalized spacial score (nSPS) is 21.6. The fourth-order valence-electron chi connectivity index (χ4n) is 5.06. The van der Waals surface area contributed by atoms with Gasteiger partial charge in [-0.3, -0.25) is 4.79 Å². The van der Waals surface area contributed by atoms with E-state index in [4.69, 9.17) is 9.84 Å². The zero-order valence-corrected chi connectivity index (χ0v) is 17.7. The van der Waals surface area contributed by atoms with E-state index in [1.165, 1.54) is 16.7 Å². The van der Waals surface area contributed by atoms with Crippen molar-refractivity contribution in [2.45, 2.75) is 45.1 Å². The van der Waals surface area contributed by atoms with Crippen LogP contribution in [0.4, 0.5) is 4.39 Å². The summed E-state index contributed by atoms with van der Waals surface area (Å²) in [5.74, 6) is -0.442. The van der Waals surface area contributed by atoms with Gasteiger partial charge in [0.05, 0.1) is 5.92 Å². The Morgan fingerprint density at radius 1 is 1.03 bits per heavy atom. The van der Waals surface area contributed by atoms with Gasteiger partial charge in [0.25, 0.3) is 0 Å². The third kappa shape index (κ3) is 3.50. The number of benzene rings is 3. The van der Waals surface area contributed by atoms with Crippen molar-refractivity contribution >= 4 is 5.97 Å². The monoisotopic (exact) mass is 416 g/mol. The minimum Gasteiger partial charge on any atom is -0.486 e. The molecule has 31 heavy (non-hydrogen) atoms. The molecule has 2 aliphatic carbocycles. The first-order chi connectivity index (χ1) is 14.9. The van der Waals surface area contributed by atoms with Crippen molar-refractivity contribution in [3.63, 3.8) is 0 Å². The minimum atomic E-state index is -0.733. The summed E-state index contributed by atoms with van der Waals surface area (Å²) >= 11 is 0. The van der Waals surface area contributed by atoms with Crippen molar-refractivity contribution in [2.24, 2.45) is 5.92 Å². The van der Waals surface area contributed by atoms with Crippen LogP contribution >= 0.6 is 0 Å². The van der Waals surface area contributed by atoms with Crippen molar-refractivity contribution in [3.05, 3.63) is 88.2 Å². The number of carbonyl (C=O) groups is 1. The SMILES string of the molecule is Cc1cccc(C)c1-c1ccc(F)c2c1CC[C@H]2Oc1ccc([C@H]2CC2C(=O)O)cc1. The Balaban J connectivity index is 1.42. The maximum Gasteiger partial charge on any atom is 0.307 e. The van der Waals surface area contributed by atoms with Crippen LogP contribution in [0, 0.1) is 25.6 Å². The molecule has 2 aliphatic rings. The Labute approximate surface area is 181 Å². The third-order valence-electron chi connectivity index (χ3n) is 6.73. The van der Waals surface area contributed by atoms with E-state index in [0.717, 1.165) is 29.5 Å². The molecule has 0 amide bonds. The highest BCUT2D eigenvalue weighted by Gasteiger charge is 2.44. The van der Waals surface area contributed by atoms with Crippen molar-refractivity contribution < 1.29 is 19.0 Å². The maximum atomic E-state index is 14.9. The number of hydrogen-bond donors (Lipinski definition) is 1. The van der Waals surface area contributed by atoms with E-state index in [1.807, 2.05) is 36.4 Å². The van der Waals surface area contributed by atoms with Crippen LogP contribution in [0.2, 0.25) is 0 Å². The van der Waals surface area contributed by atoms with E-state index in [-0.39, 0.29) is 23.8 Å². The number of aliphatic carboxylic acids is 1. The molecule has 1 saturated carbocycles. The molecule has 3 nitrogen and oxygen atoms in total. The van der Waals surface area contributed by atoms with Crippen LogP contribution in [-0.2, 0) is 11.2 Å². The van der Waals surface area contributed by atoms with Gasteiger partial charge in [-0.2, -0.15) is 0 Å². The van der Waals surface area contributed by atoms with Gasteiger partial charge in [-0.1, -0.05) is 36.4 Å². The first-order valence-electron chi connectivity index (χ1n) is 10.8. The molecule has 3 aromatic rings. The topological polar surface area (TPSA) is 46.5 Å². The van der Waals surface area contributed by atoms with Crippen LogP contribution in [0.3, 0.4) is 0 Å². The van der Waals surface area contributed by atoms with Crippen LogP contribution in [0.5, 0.6) is 5.75 Å². The zero-order chi connectivity index (χ0) is 21.7. The molecule has 0 aromatic heterocycles. The number of ether oxygens (including phenoxy) is 1. The predicted octanol–water partition coefficient (Wildman–Crippen LogP) is 6.36. The molecular formula is C27H25FO3. The fraction of sp³-hybridized carbons (Fsp3) is 0.296. The van der Waals surface area contributed by atoms with Gasteiger partial charge in [0.1, 0.15) is 17.7 Å². The van der Waals surface area contributed by atoms with Crippen molar-refractivity contribution in [3.8, 4) is 16.9 Å². The van der Waals surface area contributed by atoms with Gasteiger partial charge < -0.3 is 9.84 Å². The lowest BCUT2D eigenvalue weighted by Crippen LogP contribution is -2.06. The van der Waals surface area contributed by atoms with E-state index in [9.17, 15) is 9.18 Å². The highest BCUT2D eigenvalue weighted by atomic mass is 19.1. The van der Waals surface area contributed by atoms with Crippen molar-refractivity contribution in [1.29, 1.82) is 0 Å². The Hall–Kier alpha value is -3.14. The van der Waals surface area contributed by atoms with Gasteiger partial charge in [-0.25, -0.2) is 4.39 Å². The molecule has 3 atom stereocenters. The maximum absolute atomic E-state index is 14.9. The van der Waals surface area contributed by atoms with E-state index in [1.54, 1.807) is 6.07 Å². The molecule has 1 N–H and O–H groups in total. The Morgan fingerprint density at radius 3 is 2.39 bits per heavy atom. The second-order valence-electron chi connectivity index (χ2n) is 8.76. The van der Waals surface area contributed by atoms with Crippen molar-refractivity contribution in [2.75, 3.05) is 0 Å². The number of halogens is 1. The summed E-state index contributed by atoms with van der Waals surface area (Å²) in [4.78, 5) is 11.1. The highest BCUT2D eigenvalue weighted by molar-refractivity contribution is 5.76. The molecule has 0 saturated heterocycles. The quantitative estimate of drug-likeness (QED) is 0.526. The summed E-state index contributed by atoms with van der Waals surface area (Å²) in [5, 5.41) is 9.13. The molecule has 4 heteroatoms. The molecule has 1 fully saturated rings. The number of rotatable bonds is 5. The lowest BCUT2D eigenvalue weighted by molar-refractivity contribution is -0.138. The van der Waals surface area contributed by atoms with Crippen LogP contribution in [0.25, 0.3) is 11.1 Å². The first-order valence-corrected chi connectivity index (χ1v) is 10.8. The van der Waals surface area contributed by atoms with Crippen LogP contribution < -0.4 is 4.74 Å². The molecule has 1 unspecified atom stereocenters. The number of carboxylic acid groups (broad SMARTS) is 1. The second kappa shape index (κ2) is 7.52. The second-order valence-corrected chi connectivity index (χ2v) is 8.76. The summed E-state index contributed by atoms with van der Waals surface area (Å²) in [6.07, 6.45) is 1.89. The predicted molar refractivity (Wildman–Crippen MR) is 118 cm³/mol. The van der Waals surface area contributed by atoms with Gasteiger partial charge in [0.2, 0.25) is 0 Å². The van der Waals surface area contributed by atoms with Gasteiger partial charge in [-0.15, -0.1) is 0 Å². The number of hydrogen-bond acceptors (Lipinski definition) is 2. The molecular weight excluding hydrogens is 391 g/mol. The van der Waals surface area contributed by atoms with Crippen LogP contribution in [0.15, 0.2) is 54.6 Å². The number of carboxylic acids is 1. The Bertz CT molecular complexity index is 1150. The Kier molecular flexibility index (Phi) is 4.81. The van der Waals surface area contributed by atoms with Crippen LogP contribution in [0.1, 0.15) is 52.7 Å². The average molecular weight is 416 g/mol. The van der Waals surface area contributed by atoms with Gasteiger partial charge in [0, 0.05) is 5.56 Å². The number of aryl methyl sites for hydroxylation is 2. The van der Waals surface area contributed by atoms with E-state index >= 15 is 0 Å². The minimum absolute atomic E-state index is 0.0936. The molecule has 0 bridgehead atoms. The largest absolute Gasteiger partial charge is 0.486 e. The van der Waals surface area contributed by atoms with Gasteiger partial charge in [-0.05, 0) is 90.6 Å². The molecule has 0 radical (unpaired) electrons. The first kappa shape index (κ1) is 19.8. The summed E-state index contributed by atoms with van der Waals surface area (Å²) < 4.78 is 21.1. The lowest BCUT2D eigenvalue weighted by Gasteiger charge is -2.18. The summed E-state index contributed by atoms with van der Waals surface area (Å²) in [7, 11) is 0. The molecule has 3 aromatic carbocycles. The van der Waals surface area contributed by atoms with E-state index in [0.29, 0.717) is 17.7 Å². The highest BCUT2D eigenvalue weighted by Crippen LogP contribution is 2.48. The van der Waals surface area contributed by atoms with Crippen LogP contribution in [-0.4, -0.2) is 11.1 Å². The van der Waals surface area contributed by atoms with E-state index < -0.39 is 5.97 Å². The molecule has 0 spiro atoms. The average Bonchev–Trinajstić information content (AvgIpc) is 3.44.